The summed E-state index contributed by atoms with van der Waals surface area (Å²) in [6.07, 6.45) is 2.27. The number of hydrogen-bond acceptors (Lipinski definition) is 3. The van der Waals surface area contributed by atoms with E-state index in [4.69, 9.17) is 4.74 Å². The van der Waals surface area contributed by atoms with Crippen molar-refractivity contribution in [1.82, 2.24) is 5.32 Å². The minimum Gasteiger partial charge on any atom is -0.484 e. The van der Waals surface area contributed by atoms with Crippen LogP contribution in [0.5, 0.6) is 5.75 Å². The van der Waals surface area contributed by atoms with Gasteiger partial charge in [-0.05, 0) is 62.4 Å². The Morgan fingerprint density at radius 3 is 2.57 bits per heavy atom. The molecule has 2 aromatic rings. The van der Waals surface area contributed by atoms with Crippen LogP contribution < -0.4 is 15.0 Å². The molecule has 0 unspecified atom stereocenters. The first-order valence-corrected chi connectivity index (χ1v) is 9.80. The van der Waals surface area contributed by atoms with Crippen LogP contribution in [0.2, 0.25) is 0 Å². The van der Waals surface area contributed by atoms with Gasteiger partial charge in [-0.25, -0.2) is 0 Å². The lowest BCUT2D eigenvalue weighted by Crippen LogP contribution is -2.30. The molecule has 0 spiro atoms. The fourth-order valence-corrected chi connectivity index (χ4v) is 3.79. The summed E-state index contributed by atoms with van der Waals surface area (Å²) in [5.74, 6) is 0.583. The number of rotatable bonds is 7. The Morgan fingerprint density at radius 1 is 1.14 bits per heavy atom. The van der Waals surface area contributed by atoms with Crippen LogP contribution in [-0.4, -0.2) is 31.5 Å². The molecular formula is C23H28N2O3. The molecule has 0 radical (unpaired) electrons. The van der Waals surface area contributed by atoms with Crippen LogP contribution in [0.15, 0.2) is 36.4 Å². The topological polar surface area (TPSA) is 58.6 Å². The highest BCUT2D eigenvalue weighted by molar-refractivity contribution is 5.95. The SMILES string of the molecule is Cc1cc(C)c(CCNC(=O)COc2cccc(N3CCCC3=O)c2)c(C)c1. The molecule has 1 heterocycles. The van der Waals surface area contributed by atoms with Gasteiger partial charge in [0.15, 0.2) is 6.61 Å². The molecule has 1 aliphatic heterocycles. The monoisotopic (exact) mass is 380 g/mol. The molecule has 28 heavy (non-hydrogen) atoms. The summed E-state index contributed by atoms with van der Waals surface area (Å²) < 4.78 is 5.62. The average molecular weight is 380 g/mol. The molecule has 1 N–H and O–H groups in total. The quantitative estimate of drug-likeness (QED) is 0.800. The third kappa shape index (κ3) is 4.91. The maximum Gasteiger partial charge on any atom is 0.257 e. The van der Waals surface area contributed by atoms with Crippen LogP contribution in [-0.2, 0) is 16.0 Å². The first-order chi connectivity index (χ1) is 13.4. The predicted octanol–water partition coefficient (Wildman–Crippen LogP) is 3.48. The molecule has 0 aromatic heterocycles. The highest BCUT2D eigenvalue weighted by atomic mass is 16.5. The number of nitrogens with zero attached hydrogens (tertiary/aromatic N) is 1. The molecule has 1 aliphatic rings. The summed E-state index contributed by atoms with van der Waals surface area (Å²) in [5.41, 5.74) is 5.89. The zero-order valence-corrected chi connectivity index (χ0v) is 16.9. The molecule has 2 amide bonds. The highest BCUT2D eigenvalue weighted by Crippen LogP contribution is 2.25. The van der Waals surface area contributed by atoms with Gasteiger partial charge in [0, 0.05) is 31.3 Å². The van der Waals surface area contributed by atoms with Gasteiger partial charge in [0.05, 0.1) is 0 Å². The molecule has 2 aromatic carbocycles. The standard InChI is InChI=1S/C23H28N2O3/c1-16-12-17(2)21(18(3)13-16)9-10-24-22(26)15-28-20-7-4-6-19(14-20)25-11-5-8-23(25)27/h4,6-7,12-14H,5,8-11,15H2,1-3H3,(H,24,26). The van der Waals surface area contributed by atoms with Gasteiger partial charge in [-0.2, -0.15) is 0 Å². The van der Waals surface area contributed by atoms with Gasteiger partial charge in [-0.15, -0.1) is 0 Å². The lowest BCUT2D eigenvalue weighted by Gasteiger charge is -2.16. The van der Waals surface area contributed by atoms with E-state index < -0.39 is 0 Å². The van der Waals surface area contributed by atoms with E-state index in [1.165, 1.54) is 22.3 Å². The van der Waals surface area contributed by atoms with Gasteiger partial charge in [0.25, 0.3) is 5.91 Å². The molecule has 3 rings (SSSR count). The smallest absolute Gasteiger partial charge is 0.257 e. The number of benzene rings is 2. The molecule has 0 bridgehead atoms. The first-order valence-electron chi connectivity index (χ1n) is 9.80. The largest absolute Gasteiger partial charge is 0.484 e. The number of ether oxygens (including phenoxy) is 1. The van der Waals surface area contributed by atoms with Crippen molar-refractivity contribution in [2.75, 3.05) is 24.6 Å². The summed E-state index contributed by atoms with van der Waals surface area (Å²) in [6, 6.07) is 11.7. The molecule has 0 atom stereocenters. The van der Waals surface area contributed by atoms with Gasteiger partial charge in [0.2, 0.25) is 5.91 Å². The van der Waals surface area contributed by atoms with E-state index in [0.29, 0.717) is 18.7 Å². The van der Waals surface area contributed by atoms with Gasteiger partial charge >= 0.3 is 0 Å². The van der Waals surface area contributed by atoms with Gasteiger partial charge in [0.1, 0.15) is 5.75 Å². The Balaban J connectivity index is 1.48. The fourth-order valence-electron chi connectivity index (χ4n) is 3.79. The summed E-state index contributed by atoms with van der Waals surface area (Å²) in [4.78, 5) is 25.8. The summed E-state index contributed by atoms with van der Waals surface area (Å²) in [6.45, 7) is 7.59. The summed E-state index contributed by atoms with van der Waals surface area (Å²) in [7, 11) is 0. The van der Waals surface area contributed by atoms with E-state index in [1.807, 2.05) is 18.2 Å². The number of hydrogen-bond donors (Lipinski definition) is 1. The molecule has 1 fully saturated rings. The Bertz CT molecular complexity index is 853. The Hall–Kier alpha value is -2.82. The number of amides is 2. The maximum absolute atomic E-state index is 12.1. The highest BCUT2D eigenvalue weighted by Gasteiger charge is 2.21. The minimum atomic E-state index is -0.148. The van der Waals surface area contributed by atoms with Gasteiger partial charge in [-0.1, -0.05) is 23.8 Å². The molecule has 148 valence electrons. The van der Waals surface area contributed by atoms with E-state index in [0.717, 1.165) is 25.1 Å². The van der Waals surface area contributed by atoms with E-state index in [-0.39, 0.29) is 18.4 Å². The van der Waals surface area contributed by atoms with Crippen LogP contribution in [0, 0.1) is 20.8 Å². The van der Waals surface area contributed by atoms with E-state index >= 15 is 0 Å². The zero-order valence-electron chi connectivity index (χ0n) is 16.9. The number of carbonyl (C=O) groups excluding carboxylic acids is 2. The number of anilines is 1. The molecule has 0 aliphatic carbocycles. The van der Waals surface area contributed by atoms with Crippen LogP contribution in [0.1, 0.15) is 35.1 Å². The van der Waals surface area contributed by atoms with Crippen molar-refractivity contribution in [2.24, 2.45) is 0 Å². The van der Waals surface area contributed by atoms with E-state index in [9.17, 15) is 9.59 Å². The number of nitrogens with one attached hydrogen (secondary N) is 1. The molecule has 5 nitrogen and oxygen atoms in total. The Morgan fingerprint density at radius 2 is 1.89 bits per heavy atom. The maximum atomic E-state index is 12.1. The first kappa shape index (κ1) is 19.9. The summed E-state index contributed by atoms with van der Waals surface area (Å²) in [5, 5.41) is 2.92. The second-order valence-corrected chi connectivity index (χ2v) is 7.41. The summed E-state index contributed by atoms with van der Waals surface area (Å²) >= 11 is 0. The zero-order chi connectivity index (χ0) is 20.1. The predicted molar refractivity (Wildman–Crippen MR) is 111 cm³/mol. The van der Waals surface area contributed by atoms with Crippen molar-refractivity contribution in [2.45, 2.75) is 40.0 Å². The van der Waals surface area contributed by atoms with E-state index in [1.54, 1.807) is 11.0 Å². The third-order valence-electron chi connectivity index (χ3n) is 5.11. The molecule has 0 saturated carbocycles. The van der Waals surface area contributed by atoms with Crippen LogP contribution in [0.3, 0.4) is 0 Å². The second-order valence-electron chi connectivity index (χ2n) is 7.41. The van der Waals surface area contributed by atoms with Crippen LogP contribution in [0.25, 0.3) is 0 Å². The molecular weight excluding hydrogens is 352 g/mol. The number of carbonyl (C=O) groups is 2. The normalized spacial score (nSPS) is 13.7. The van der Waals surface area contributed by atoms with Gasteiger partial charge in [-0.3, -0.25) is 9.59 Å². The molecule has 1 saturated heterocycles. The van der Waals surface area contributed by atoms with E-state index in [2.05, 4.69) is 38.2 Å². The number of aryl methyl sites for hydroxylation is 3. The lowest BCUT2D eigenvalue weighted by atomic mass is 9.97. The average Bonchev–Trinajstić information content (AvgIpc) is 3.08. The van der Waals surface area contributed by atoms with Crippen LogP contribution >= 0.6 is 0 Å². The van der Waals surface area contributed by atoms with Crippen molar-refractivity contribution < 1.29 is 14.3 Å². The Labute approximate surface area is 166 Å². The van der Waals surface area contributed by atoms with Crippen LogP contribution in [0.4, 0.5) is 5.69 Å². The fraction of sp³-hybridized carbons (Fsp3) is 0.391. The van der Waals surface area contributed by atoms with Gasteiger partial charge < -0.3 is 15.0 Å². The van der Waals surface area contributed by atoms with Crippen molar-refractivity contribution in [1.29, 1.82) is 0 Å². The Kier molecular flexibility index (Phi) is 6.34. The third-order valence-corrected chi connectivity index (χ3v) is 5.11. The van der Waals surface area contributed by atoms with Crippen molar-refractivity contribution in [3.8, 4) is 5.75 Å². The minimum absolute atomic E-state index is 0.0384. The van der Waals surface area contributed by atoms with Crippen molar-refractivity contribution >= 4 is 17.5 Å². The van der Waals surface area contributed by atoms with Crippen molar-refractivity contribution in [3.63, 3.8) is 0 Å². The lowest BCUT2D eigenvalue weighted by molar-refractivity contribution is -0.123. The second kappa shape index (κ2) is 8.91. The molecule has 5 heteroatoms. The van der Waals surface area contributed by atoms with Crippen molar-refractivity contribution in [3.05, 3.63) is 58.7 Å².